The van der Waals surface area contributed by atoms with E-state index in [1.807, 2.05) is 40.0 Å². The van der Waals surface area contributed by atoms with Crippen molar-refractivity contribution in [3.8, 4) is 0 Å². The number of nitrogens with zero attached hydrogens (tertiary/aromatic N) is 4. The lowest BCUT2D eigenvalue weighted by atomic mass is 9.91. The number of rotatable bonds is 6. The zero-order chi connectivity index (χ0) is 33.4. The zero-order valence-corrected chi connectivity index (χ0v) is 28.1. The third-order valence-electron chi connectivity index (χ3n) is 9.02. The number of esters is 1. The number of likely N-dealkylation sites (N-methyl/N-ethyl adjacent to an activating group) is 1. The van der Waals surface area contributed by atoms with Gasteiger partial charge in [-0.15, -0.1) is 0 Å². The molecule has 12 nitrogen and oxygen atoms in total. The number of benzene rings is 1. The van der Waals surface area contributed by atoms with Gasteiger partial charge in [-0.25, -0.2) is 13.2 Å². The number of cyclic esters (lactones) is 1. The van der Waals surface area contributed by atoms with Crippen molar-refractivity contribution in [2.75, 3.05) is 59.4 Å². The average Bonchev–Trinajstić information content (AvgIpc) is 3.04. The topological polar surface area (TPSA) is 137 Å². The highest BCUT2D eigenvalue weighted by Gasteiger charge is 2.30. The van der Waals surface area contributed by atoms with Gasteiger partial charge < -0.3 is 29.3 Å². The highest BCUT2D eigenvalue weighted by atomic mass is 32.2. The molecule has 3 heterocycles. The fraction of sp³-hybridized carbons (Fsp3) is 0.606. The van der Waals surface area contributed by atoms with Crippen LogP contribution >= 0.6 is 0 Å². The summed E-state index contributed by atoms with van der Waals surface area (Å²) < 4.78 is 40.0. The number of sulfonamides is 1. The predicted octanol–water partition coefficient (Wildman–Crippen LogP) is 2.59. The maximum absolute atomic E-state index is 13.4. The first-order chi connectivity index (χ1) is 21.9. The molecule has 46 heavy (non-hydrogen) atoms. The average molecular weight is 661 g/mol. The largest absolute Gasteiger partial charge is 0.457 e. The SMILES string of the molecule is C/C(=C\c1cccc(S(=O)(=O)N2CCN(C=O)CC2)c1)[C@H]1OC(=O)C[C@H](O)CC[C@H](C)[C@@H](OC(=O)N2CCN(C)CC2)/C=C/[C@@H]1C. The Morgan fingerprint density at radius 2 is 1.72 bits per heavy atom. The Labute approximate surface area is 272 Å². The molecule has 1 aromatic rings. The van der Waals surface area contributed by atoms with E-state index in [-0.39, 0.29) is 42.3 Å². The number of amides is 2. The van der Waals surface area contributed by atoms with Crippen molar-refractivity contribution >= 4 is 34.6 Å². The molecule has 0 radical (unpaired) electrons. The zero-order valence-electron chi connectivity index (χ0n) is 27.3. The number of hydrogen-bond acceptors (Lipinski definition) is 9. The summed E-state index contributed by atoms with van der Waals surface area (Å²) in [6.07, 6.45) is 4.51. The monoisotopic (exact) mass is 660 g/mol. The van der Waals surface area contributed by atoms with Crippen LogP contribution in [0.3, 0.4) is 0 Å². The van der Waals surface area contributed by atoms with E-state index in [2.05, 4.69) is 4.90 Å². The molecule has 0 bridgehead atoms. The van der Waals surface area contributed by atoms with Gasteiger partial charge in [-0.1, -0.05) is 38.1 Å². The van der Waals surface area contributed by atoms with Gasteiger partial charge in [0.05, 0.1) is 17.4 Å². The predicted molar refractivity (Wildman–Crippen MR) is 173 cm³/mol. The van der Waals surface area contributed by atoms with E-state index in [0.29, 0.717) is 50.2 Å². The Bertz CT molecular complexity index is 1380. The molecule has 0 unspecified atom stereocenters. The summed E-state index contributed by atoms with van der Waals surface area (Å²) in [7, 11) is -1.75. The molecule has 0 spiro atoms. The standard InChI is InChI=1S/C33H48N4O8S/c1-24-8-10-28(39)22-31(40)45-32(25(2)9-11-30(24)44-33(41)36-16-12-34(4)13-17-36)26(3)20-27-6-5-7-29(21-27)46(42,43)37-18-14-35(23-38)15-19-37/h5-7,9,11,20-21,23-25,28,30,32,39H,8,10,12-19,22H2,1-4H3/b11-9+,26-20+/t24-,25-,28+,30-,32-/m0/s1. The molecule has 13 heteroatoms. The van der Waals surface area contributed by atoms with Gasteiger partial charge in [0, 0.05) is 58.3 Å². The van der Waals surface area contributed by atoms with Crippen LogP contribution in [0.1, 0.15) is 45.6 Å². The van der Waals surface area contributed by atoms with Crippen molar-refractivity contribution in [1.29, 1.82) is 0 Å². The fourth-order valence-corrected chi connectivity index (χ4v) is 7.42. The molecular weight excluding hydrogens is 612 g/mol. The van der Waals surface area contributed by atoms with E-state index >= 15 is 0 Å². The van der Waals surface area contributed by atoms with E-state index in [4.69, 9.17) is 9.47 Å². The fourth-order valence-electron chi connectivity index (χ4n) is 5.94. The van der Waals surface area contributed by atoms with Crippen LogP contribution in [0.15, 0.2) is 46.9 Å². The minimum atomic E-state index is -3.77. The number of carbonyl (C=O) groups excluding carboxylic acids is 3. The van der Waals surface area contributed by atoms with Crippen LogP contribution in [0.2, 0.25) is 0 Å². The summed E-state index contributed by atoms with van der Waals surface area (Å²) in [6.45, 7) is 9.55. The van der Waals surface area contributed by atoms with Gasteiger partial charge in [0.1, 0.15) is 12.2 Å². The Morgan fingerprint density at radius 3 is 2.39 bits per heavy atom. The molecule has 3 aliphatic heterocycles. The van der Waals surface area contributed by atoms with Crippen LogP contribution in [-0.4, -0.2) is 129 Å². The Morgan fingerprint density at radius 1 is 1.02 bits per heavy atom. The molecule has 254 valence electrons. The molecule has 5 atom stereocenters. The minimum absolute atomic E-state index is 0.0915. The van der Waals surface area contributed by atoms with Gasteiger partial charge in [-0.2, -0.15) is 4.31 Å². The highest BCUT2D eigenvalue weighted by molar-refractivity contribution is 7.89. The maximum Gasteiger partial charge on any atom is 0.410 e. The highest BCUT2D eigenvalue weighted by Crippen LogP contribution is 2.27. The van der Waals surface area contributed by atoms with Crippen molar-refractivity contribution < 1.29 is 37.4 Å². The molecule has 2 fully saturated rings. The second kappa shape index (κ2) is 16.0. The molecule has 0 aromatic heterocycles. The van der Waals surface area contributed by atoms with E-state index in [1.54, 1.807) is 40.1 Å². The smallest absolute Gasteiger partial charge is 0.410 e. The lowest BCUT2D eigenvalue weighted by Crippen LogP contribution is -2.48. The van der Waals surface area contributed by atoms with E-state index < -0.39 is 34.3 Å². The molecule has 1 aromatic carbocycles. The Hall–Kier alpha value is -3.26. The first-order valence-corrected chi connectivity index (χ1v) is 17.5. The molecule has 3 aliphatic rings. The summed E-state index contributed by atoms with van der Waals surface area (Å²) in [5.74, 6) is -0.941. The van der Waals surface area contributed by atoms with Crippen LogP contribution in [0, 0.1) is 11.8 Å². The van der Waals surface area contributed by atoms with Crippen molar-refractivity contribution in [3.63, 3.8) is 0 Å². The van der Waals surface area contributed by atoms with Gasteiger partial charge in [-0.3, -0.25) is 9.59 Å². The summed E-state index contributed by atoms with van der Waals surface area (Å²) in [4.78, 5) is 42.6. The number of piperazine rings is 2. The van der Waals surface area contributed by atoms with E-state index in [9.17, 15) is 27.9 Å². The van der Waals surface area contributed by atoms with Gasteiger partial charge in [0.25, 0.3) is 0 Å². The lowest BCUT2D eigenvalue weighted by Gasteiger charge is -2.33. The second-order valence-electron chi connectivity index (χ2n) is 12.7. The van der Waals surface area contributed by atoms with Crippen molar-refractivity contribution in [2.24, 2.45) is 11.8 Å². The van der Waals surface area contributed by atoms with Crippen molar-refractivity contribution in [1.82, 2.24) is 19.0 Å². The molecule has 0 aliphatic carbocycles. The molecule has 4 rings (SSSR count). The molecular formula is C33H48N4O8S. The Kier molecular flexibility index (Phi) is 12.4. The first-order valence-electron chi connectivity index (χ1n) is 16.0. The third kappa shape index (κ3) is 9.40. The quantitative estimate of drug-likeness (QED) is 0.277. The normalized spacial score (nSPS) is 28.8. The van der Waals surface area contributed by atoms with Gasteiger partial charge in [0.2, 0.25) is 16.4 Å². The van der Waals surface area contributed by atoms with Gasteiger partial charge in [0.15, 0.2) is 0 Å². The van der Waals surface area contributed by atoms with Crippen LogP contribution in [0.5, 0.6) is 0 Å². The van der Waals surface area contributed by atoms with Crippen LogP contribution < -0.4 is 0 Å². The summed E-state index contributed by atoms with van der Waals surface area (Å²) >= 11 is 0. The minimum Gasteiger partial charge on any atom is -0.457 e. The maximum atomic E-state index is 13.4. The number of carbonyl (C=O) groups is 3. The van der Waals surface area contributed by atoms with E-state index in [0.717, 1.165) is 19.5 Å². The molecule has 2 saturated heterocycles. The number of hydrogen-bond donors (Lipinski definition) is 1. The molecule has 0 saturated carbocycles. The van der Waals surface area contributed by atoms with Crippen LogP contribution in [-0.2, 0) is 29.1 Å². The van der Waals surface area contributed by atoms with E-state index in [1.165, 1.54) is 4.31 Å². The summed E-state index contributed by atoms with van der Waals surface area (Å²) in [5, 5.41) is 10.6. The van der Waals surface area contributed by atoms with Crippen molar-refractivity contribution in [3.05, 3.63) is 47.6 Å². The van der Waals surface area contributed by atoms with Crippen molar-refractivity contribution in [2.45, 2.75) is 63.2 Å². The van der Waals surface area contributed by atoms with Gasteiger partial charge >= 0.3 is 12.1 Å². The van der Waals surface area contributed by atoms with Crippen LogP contribution in [0.25, 0.3) is 6.08 Å². The number of aliphatic hydroxyl groups excluding tert-OH is 1. The second-order valence-corrected chi connectivity index (χ2v) is 14.7. The van der Waals surface area contributed by atoms with Crippen LogP contribution in [0.4, 0.5) is 4.79 Å². The lowest BCUT2D eigenvalue weighted by molar-refractivity contribution is -0.151. The number of ether oxygens (including phenoxy) is 2. The molecule has 1 N–H and O–H groups in total. The number of aliphatic hydroxyl groups is 1. The van der Waals surface area contributed by atoms with Gasteiger partial charge in [-0.05, 0) is 62.1 Å². The Balaban J connectivity index is 1.55. The molecule has 2 amide bonds. The summed E-state index contributed by atoms with van der Waals surface area (Å²) in [5.41, 5.74) is 1.31. The third-order valence-corrected chi connectivity index (χ3v) is 10.9. The first kappa shape index (κ1) is 35.6. The summed E-state index contributed by atoms with van der Waals surface area (Å²) in [6, 6.07) is 6.58.